The van der Waals surface area contributed by atoms with E-state index in [1.807, 2.05) is 12.1 Å². The minimum absolute atomic E-state index is 0.0142. The van der Waals surface area contributed by atoms with Gasteiger partial charge in [0, 0.05) is 11.8 Å². The fraction of sp³-hybridized carbons (Fsp3) is 0.438. The van der Waals surface area contributed by atoms with E-state index in [9.17, 15) is 10.2 Å². The Kier molecular flexibility index (Phi) is 8.74. The Balaban J connectivity index is 1.46. The Morgan fingerprint density at radius 2 is 1.02 bits per heavy atom. The van der Waals surface area contributed by atoms with E-state index in [-0.39, 0.29) is 47.0 Å². The molecule has 4 unspecified atom stereocenters. The second kappa shape index (κ2) is 12.5. The van der Waals surface area contributed by atoms with Gasteiger partial charge < -0.3 is 48.1 Å². The SMILES string of the molecule is CCCc1cc(OC)c(Oc2cc(C3OCC4C(c5cc(OC)c(O)c(OC)c5)OCC34)cc(OC)c2O)c(OC)c1. The minimum atomic E-state index is -0.339. The minimum Gasteiger partial charge on any atom is -0.502 e. The van der Waals surface area contributed by atoms with E-state index in [0.717, 1.165) is 29.5 Å². The summed E-state index contributed by atoms with van der Waals surface area (Å²) < 4.78 is 46.4. The maximum atomic E-state index is 11.0. The molecule has 0 aromatic heterocycles. The molecule has 3 aromatic carbocycles. The highest BCUT2D eigenvalue weighted by atomic mass is 16.5. The Morgan fingerprint density at radius 1 is 0.619 bits per heavy atom. The lowest BCUT2D eigenvalue weighted by Gasteiger charge is -2.21. The third-order valence-electron chi connectivity index (χ3n) is 7.98. The van der Waals surface area contributed by atoms with Gasteiger partial charge in [0.15, 0.2) is 34.5 Å². The Hall–Kier alpha value is -4.02. The second-order valence-electron chi connectivity index (χ2n) is 10.4. The number of hydrogen-bond acceptors (Lipinski definition) is 10. The number of aromatic hydroxyl groups is 2. The quantitative estimate of drug-likeness (QED) is 0.281. The van der Waals surface area contributed by atoms with E-state index < -0.39 is 0 Å². The highest BCUT2D eigenvalue weighted by molar-refractivity contribution is 5.60. The molecule has 0 aliphatic carbocycles. The molecule has 10 heteroatoms. The summed E-state index contributed by atoms with van der Waals surface area (Å²) in [6, 6.07) is 10.9. The molecule has 0 radical (unpaired) electrons. The normalized spacial score (nSPS) is 21.1. The summed E-state index contributed by atoms with van der Waals surface area (Å²) in [4.78, 5) is 0. The first-order valence-electron chi connectivity index (χ1n) is 13.9. The maximum absolute atomic E-state index is 11.0. The van der Waals surface area contributed by atoms with Crippen molar-refractivity contribution in [3.05, 3.63) is 53.1 Å². The molecular weight excluding hydrogens is 544 g/mol. The van der Waals surface area contributed by atoms with Gasteiger partial charge in [0.25, 0.3) is 0 Å². The summed E-state index contributed by atoms with van der Waals surface area (Å²) in [5.74, 6) is 2.21. The van der Waals surface area contributed by atoms with Crippen LogP contribution < -0.4 is 28.4 Å². The summed E-state index contributed by atoms with van der Waals surface area (Å²) in [5.41, 5.74) is 2.66. The number of phenolic OH excluding ortho intramolecular Hbond substituents is 2. The third-order valence-corrected chi connectivity index (χ3v) is 7.98. The monoisotopic (exact) mass is 582 g/mol. The van der Waals surface area contributed by atoms with Gasteiger partial charge in [0.1, 0.15) is 0 Å². The van der Waals surface area contributed by atoms with Crippen LogP contribution in [0.15, 0.2) is 36.4 Å². The van der Waals surface area contributed by atoms with E-state index in [2.05, 4.69) is 6.92 Å². The van der Waals surface area contributed by atoms with Crippen molar-refractivity contribution < 1.29 is 48.1 Å². The lowest BCUT2D eigenvalue weighted by molar-refractivity contribution is 0.0190. The first kappa shape index (κ1) is 29.5. The number of benzene rings is 3. The Labute approximate surface area is 245 Å². The predicted octanol–water partition coefficient (Wildman–Crippen LogP) is 5.96. The molecule has 0 bridgehead atoms. The largest absolute Gasteiger partial charge is 0.502 e. The van der Waals surface area contributed by atoms with Crippen LogP contribution >= 0.6 is 0 Å². The van der Waals surface area contributed by atoms with Crippen LogP contribution in [-0.2, 0) is 15.9 Å². The van der Waals surface area contributed by atoms with E-state index in [4.69, 9.17) is 37.9 Å². The summed E-state index contributed by atoms with van der Waals surface area (Å²) in [6.07, 6.45) is 1.20. The van der Waals surface area contributed by atoms with Crippen LogP contribution in [0.3, 0.4) is 0 Å². The number of aryl methyl sites for hydroxylation is 1. The smallest absolute Gasteiger partial charge is 0.211 e. The van der Waals surface area contributed by atoms with Crippen LogP contribution in [0.1, 0.15) is 42.2 Å². The van der Waals surface area contributed by atoms with E-state index in [0.29, 0.717) is 42.0 Å². The average molecular weight is 583 g/mol. The fourth-order valence-electron chi connectivity index (χ4n) is 5.89. The van der Waals surface area contributed by atoms with Crippen LogP contribution in [0, 0.1) is 11.8 Å². The van der Waals surface area contributed by atoms with Gasteiger partial charge in [-0.1, -0.05) is 13.3 Å². The average Bonchev–Trinajstić information content (AvgIpc) is 3.61. The number of rotatable bonds is 11. The van der Waals surface area contributed by atoms with Gasteiger partial charge in [-0.15, -0.1) is 0 Å². The Morgan fingerprint density at radius 3 is 1.43 bits per heavy atom. The van der Waals surface area contributed by atoms with Crippen LogP contribution in [0.25, 0.3) is 0 Å². The number of ether oxygens (including phenoxy) is 8. The molecule has 4 atom stereocenters. The molecule has 3 aromatic rings. The van der Waals surface area contributed by atoms with E-state index >= 15 is 0 Å². The van der Waals surface area contributed by atoms with Crippen LogP contribution in [0.2, 0.25) is 0 Å². The summed E-state index contributed by atoms with van der Waals surface area (Å²) >= 11 is 0. The highest BCUT2D eigenvalue weighted by Crippen LogP contribution is 2.54. The molecule has 0 saturated carbocycles. The van der Waals surface area contributed by atoms with Crippen molar-refractivity contribution in [2.45, 2.75) is 32.0 Å². The van der Waals surface area contributed by atoms with Crippen molar-refractivity contribution in [3.8, 4) is 51.7 Å². The van der Waals surface area contributed by atoms with Gasteiger partial charge in [0.2, 0.25) is 17.2 Å². The molecule has 0 amide bonds. The molecular formula is C32H38O10. The van der Waals surface area contributed by atoms with Gasteiger partial charge in [-0.3, -0.25) is 0 Å². The summed E-state index contributed by atoms with van der Waals surface area (Å²) in [7, 11) is 7.61. The van der Waals surface area contributed by atoms with Crippen LogP contribution in [-0.4, -0.2) is 59.0 Å². The third kappa shape index (κ3) is 5.32. The molecule has 226 valence electrons. The van der Waals surface area contributed by atoms with E-state index in [1.165, 1.54) is 21.3 Å². The molecule has 2 saturated heterocycles. The number of methoxy groups -OCH3 is 5. The lowest BCUT2D eigenvalue weighted by atomic mass is 9.84. The molecule has 2 heterocycles. The van der Waals surface area contributed by atoms with Crippen molar-refractivity contribution in [1.29, 1.82) is 0 Å². The van der Waals surface area contributed by atoms with Crippen LogP contribution in [0.5, 0.6) is 51.7 Å². The first-order valence-corrected chi connectivity index (χ1v) is 13.9. The molecule has 2 fully saturated rings. The van der Waals surface area contributed by atoms with Crippen molar-refractivity contribution in [3.63, 3.8) is 0 Å². The number of phenols is 2. The van der Waals surface area contributed by atoms with Crippen molar-refractivity contribution >= 4 is 0 Å². The van der Waals surface area contributed by atoms with Gasteiger partial charge in [0.05, 0.1) is 61.0 Å². The highest BCUT2D eigenvalue weighted by Gasteiger charge is 2.48. The fourth-order valence-corrected chi connectivity index (χ4v) is 5.89. The summed E-state index contributed by atoms with van der Waals surface area (Å²) in [6.45, 7) is 3.00. The van der Waals surface area contributed by atoms with Crippen molar-refractivity contribution in [2.24, 2.45) is 11.8 Å². The maximum Gasteiger partial charge on any atom is 0.211 e. The Bertz CT molecular complexity index is 1370. The van der Waals surface area contributed by atoms with Gasteiger partial charge in [-0.2, -0.15) is 0 Å². The zero-order chi connectivity index (χ0) is 30.0. The number of hydrogen-bond donors (Lipinski definition) is 2. The molecule has 5 rings (SSSR count). The molecule has 10 nitrogen and oxygen atoms in total. The lowest BCUT2D eigenvalue weighted by Crippen LogP contribution is -2.15. The number of fused-ring (bicyclic) bond motifs is 1. The topological polar surface area (TPSA) is 114 Å². The summed E-state index contributed by atoms with van der Waals surface area (Å²) in [5, 5.41) is 21.4. The molecule has 2 N–H and O–H groups in total. The van der Waals surface area contributed by atoms with Crippen molar-refractivity contribution in [1.82, 2.24) is 0 Å². The second-order valence-corrected chi connectivity index (χ2v) is 10.4. The van der Waals surface area contributed by atoms with Gasteiger partial charge >= 0.3 is 0 Å². The molecule has 42 heavy (non-hydrogen) atoms. The van der Waals surface area contributed by atoms with Crippen LogP contribution in [0.4, 0.5) is 0 Å². The first-order chi connectivity index (χ1) is 20.4. The van der Waals surface area contributed by atoms with E-state index in [1.54, 1.807) is 38.5 Å². The van der Waals surface area contributed by atoms with Gasteiger partial charge in [-0.25, -0.2) is 0 Å². The molecule has 2 aliphatic heterocycles. The van der Waals surface area contributed by atoms with Crippen molar-refractivity contribution in [2.75, 3.05) is 48.8 Å². The molecule has 2 aliphatic rings. The predicted molar refractivity (Wildman–Crippen MR) is 154 cm³/mol. The van der Waals surface area contributed by atoms with Gasteiger partial charge in [-0.05, 0) is 59.5 Å². The standard InChI is InChI=1S/C32H38O10/c1-7-8-17-9-26(38-5)32(27(10-17)39-6)42-25-14-19(13-24(37-4)29(25)34)31-21-16-40-30(20(21)15-41-31)18-11-22(35-2)28(33)23(12-18)36-3/h9-14,20-21,30-31,33-34H,7-8,15-16H2,1-6H3. The zero-order valence-corrected chi connectivity index (χ0v) is 24.8. The zero-order valence-electron chi connectivity index (χ0n) is 24.8. The molecule has 0 spiro atoms.